The van der Waals surface area contributed by atoms with Crippen LogP contribution >= 0.6 is 0 Å². The van der Waals surface area contributed by atoms with Crippen LogP contribution in [0.2, 0.25) is 0 Å². The number of anilines is 2. The van der Waals surface area contributed by atoms with Gasteiger partial charge in [0.2, 0.25) is 0 Å². The normalized spacial score (nSPS) is 14.4. The molecular weight excluding hydrogens is 362 g/mol. The lowest BCUT2D eigenvalue weighted by Crippen LogP contribution is -2.28. The summed E-state index contributed by atoms with van der Waals surface area (Å²) < 4.78 is 5.31. The molecule has 3 amide bonds. The maximum absolute atomic E-state index is 12.6. The van der Waals surface area contributed by atoms with Gasteiger partial charge in [0, 0.05) is 24.3 Å². The summed E-state index contributed by atoms with van der Waals surface area (Å²) in [6.07, 6.45) is 0. The topological polar surface area (TPSA) is 108 Å². The van der Waals surface area contributed by atoms with Gasteiger partial charge >= 0.3 is 12.0 Å². The highest BCUT2D eigenvalue weighted by Gasteiger charge is 2.25. The van der Waals surface area contributed by atoms with E-state index in [2.05, 4.69) is 10.6 Å². The molecule has 8 nitrogen and oxygen atoms in total. The summed E-state index contributed by atoms with van der Waals surface area (Å²) in [5.74, 6) is -1.38. The number of carboxylic acid groups (broad SMARTS) is 1. The molecule has 1 fully saturated rings. The molecule has 146 valence electrons. The maximum Gasteiger partial charge on any atom is 0.322 e. The Balaban J connectivity index is 1.79. The molecule has 1 aliphatic rings. The number of carbonyl (C=O) groups is 3. The second kappa shape index (κ2) is 7.99. The fraction of sp³-hybridized carbons (Fsp3) is 0.250. The molecule has 8 heteroatoms. The first-order valence-corrected chi connectivity index (χ1v) is 8.78. The molecule has 0 spiro atoms. The van der Waals surface area contributed by atoms with Gasteiger partial charge < -0.3 is 20.5 Å². The number of nitrogens with one attached hydrogen (secondary N) is 2. The number of carboxylic acids is 1. The predicted molar refractivity (Wildman–Crippen MR) is 104 cm³/mol. The van der Waals surface area contributed by atoms with Gasteiger partial charge in [-0.2, -0.15) is 0 Å². The van der Waals surface area contributed by atoms with Gasteiger partial charge in [-0.1, -0.05) is 12.1 Å². The van der Waals surface area contributed by atoms with E-state index in [0.717, 1.165) is 0 Å². The minimum Gasteiger partial charge on any atom is -0.495 e. The number of nitrogens with zero attached hydrogens (tertiary/aromatic N) is 1. The van der Waals surface area contributed by atoms with Crippen molar-refractivity contribution in [3.63, 3.8) is 0 Å². The minimum absolute atomic E-state index is 0.237. The Kier molecular flexibility index (Phi) is 5.49. The van der Waals surface area contributed by atoms with E-state index >= 15 is 0 Å². The van der Waals surface area contributed by atoms with E-state index in [0.29, 0.717) is 41.3 Å². The van der Waals surface area contributed by atoms with Crippen LogP contribution in [0.5, 0.6) is 5.75 Å². The van der Waals surface area contributed by atoms with Crippen LogP contribution in [0.1, 0.15) is 28.8 Å². The number of rotatable bonds is 6. The Bertz CT molecular complexity index is 911. The number of hydrogen-bond acceptors (Lipinski definition) is 4. The van der Waals surface area contributed by atoms with Crippen LogP contribution in [0.4, 0.5) is 16.2 Å². The molecular formula is C20H21N3O5. The number of amides is 3. The van der Waals surface area contributed by atoms with E-state index in [4.69, 9.17) is 9.84 Å². The van der Waals surface area contributed by atoms with E-state index < -0.39 is 11.9 Å². The summed E-state index contributed by atoms with van der Waals surface area (Å²) >= 11 is 0. The molecule has 3 N–H and O–H groups in total. The Labute approximate surface area is 162 Å². The molecule has 0 saturated carbocycles. The molecule has 0 aliphatic carbocycles. The third-order valence-corrected chi connectivity index (χ3v) is 4.63. The molecule has 1 unspecified atom stereocenters. The lowest BCUT2D eigenvalue weighted by Gasteiger charge is -2.18. The summed E-state index contributed by atoms with van der Waals surface area (Å²) in [5.41, 5.74) is 2.09. The van der Waals surface area contributed by atoms with E-state index in [1.165, 1.54) is 12.0 Å². The third-order valence-electron chi connectivity index (χ3n) is 4.63. The summed E-state index contributed by atoms with van der Waals surface area (Å²) in [5, 5.41) is 14.6. The number of aliphatic carboxylic acids is 1. The summed E-state index contributed by atoms with van der Waals surface area (Å²) in [4.78, 5) is 37.2. The largest absolute Gasteiger partial charge is 0.495 e. The zero-order valence-corrected chi connectivity index (χ0v) is 15.6. The SMILES string of the molecule is COc1ccc(C(=O)Nc2ccc(C(C)C(=O)O)cc2)cc1N1CCNC1=O. The Morgan fingerprint density at radius 1 is 1.21 bits per heavy atom. The first-order valence-electron chi connectivity index (χ1n) is 8.78. The van der Waals surface area contributed by atoms with Crippen LogP contribution in [-0.4, -0.2) is 43.2 Å². The van der Waals surface area contributed by atoms with Crippen LogP contribution < -0.4 is 20.3 Å². The number of ether oxygens (including phenoxy) is 1. The fourth-order valence-corrected chi connectivity index (χ4v) is 2.94. The first-order chi connectivity index (χ1) is 13.4. The lowest BCUT2D eigenvalue weighted by molar-refractivity contribution is -0.138. The van der Waals surface area contributed by atoms with Crippen molar-refractivity contribution in [1.82, 2.24) is 5.32 Å². The Morgan fingerprint density at radius 2 is 1.93 bits per heavy atom. The van der Waals surface area contributed by atoms with Crippen molar-refractivity contribution in [2.24, 2.45) is 0 Å². The number of urea groups is 1. The first kappa shape index (κ1) is 19.2. The molecule has 0 bridgehead atoms. The highest BCUT2D eigenvalue weighted by Crippen LogP contribution is 2.31. The second-order valence-corrected chi connectivity index (χ2v) is 6.41. The van der Waals surface area contributed by atoms with Crippen LogP contribution in [0.25, 0.3) is 0 Å². The van der Waals surface area contributed by atoms with Crippen molar-refractivity contribution in [2.45, 2.75) is 12.8 Å². The van der Waals surface area contributed by atoms with Crippen LogP contribution in [0.3, 0.4) is 0 Å². The molecule has 2 aromatic rings. The van der Waals surface area contributed by atoms with Crippen molar-refractivity contribution in [3.8, 4) is 5.75 Å². The highest BCUT2D eigenvalue weighted by atomic mass is 16.5. The van der Waals surface area contributed by atoms with Gasteiger partial charge in [0.15, 0.2) is 0 Å². The minimum atomic E-state index is -0.909. The maximum atomic E-state index is 12.6. The molecule has 2 aromatic carbocycles. The van der Waals surface area contributed by atoms with Gasteiger partial charge in [0.25, 0.3) is 5.91 Å². The van der Waals surface area contributed by atoms with Gasteiger partial charge in [-0.15, -0.1) is 0 Å². The van der Waals surface area contributed by atoms with Crippen molar-refractivity contribution < 1.29 is 24.2 Å². The van der Waals surface area contributed by atoms with Crippen LogP contribution in [-0.2, 0) is 4.79 Å². The van der Waals surface area contributed by atoms with Crippen LogP contribution in [0.15, 0.2) is 42.5 Å². The van der Waals surface area contributed by atoms with E-state index in [1.54, 1.807) is 49.4 Å². The lowest BCUT2D eigenvalue weighted by atomic mass is 10.0. The smallest absolute Gasteiger partial charge is 0.322 e. The fourth-order valence-electron chi connectivity index (χ4n) is 2.94. The molecule has 0 radical (unpaired) electrons. The van der Waals surface area contributed by atoms with Gasteiger partial charge in [-0.25, -0.2) is 4.79 Å². The highest BCUT2D eigenvalue weighted by molar-refractivity contribution is 6.06. The van der Waals surface area contributed by atoms with Crippen molar-refractivity contribution >= 4 is 29.3 Å². The summed E-state index contributed by atoms with van der Waals surface area (Å²) in [7, 11) is 1.51. The molecule has 1 heterocycles. The average Bonchev–Trinajstić information content (AvgIpc) is 3.13. The summed E-state index contributed by atoms with van der Waals surface area (Å²) in [6, 6.07) is 11.3. The molecule has 0 aromatic heterocycles. The number of carbonyl (C=O) groups excluding carboxylic acids is 2. The molecule has 28 heavy (non-hydrogen) atoms. The number of benzene rings is 2. The summed E-state index contributed by atoms with van der Waals surface area (Å²) in [6.45, 7) is 2.62. The molecule has 1 aliphatic heterocycles. The quantitative estimate of drug-likeness (QED) is 0.711. The molecule has 3 rings (SSSR count). The monoisotopic (exact) mass is 383 g/mol. The van der Waals surface area contributed by atoms with Crippen LogP contribution in [0, 0.1) is 0 Å². The van der Waals surface area contributed by atoms with Gasteiger partial charge in [-0.05, 0) is 42.8 Å². The van der Waals surface area contributed by atoms with Gasteiger partial charge in [0.05, 0.1) is 18.7 Å². The third kappa shape index (κ3) is 3.90. The molecule has 1 atom stereocenters. The van der Waals surface area contributed by atoms with Crippen molar-refractivity contribution in [3.05, 3.63) is 53.6 Å². The number of methoxy groups -OCH3 is 1. The molecule has 1 saturated heterocycles. The number of hydrogen-bond donors (Lipinski definition) is 3. The van der Waals surface area contributed by atoms with Crippen molar-refractivity contribution in [2.75, 3.05) is 30.4 Å². The van der Waals surface area contributed by atoms with E-state index in [1.807, 2.05) is 0 Å². The zero-order valence-electron chi connectivity index (χ0n) is 15.6. The second-order valence-electron chi connectivity index (χ2n) is 6.41. The Morgan fingerprint density at radius 3 is 2.50 bits per heavy atom. The van der Waals surface area contributed by atoms with E-state index in [9.17, 15) is 14.4 Å². The predicted octanol–water partition coefficient (Wildman–Crippen LogP) is 2.67. The van der Waals surface area contributed by atoms with Crippen molar-refractivity contribution in [1.29, 1.82) is 0 Å². The van der Waals surface area contributed by atoms with Gasteiger partial charge in [0.1, 0.15) is 5.75 Å². The zero-order chi connectivity index (χ0) is 20.3. The van der Waals surface area contributed by atoms with E-state index in [-0.39, 0.29) is 11.9 Å². The Hall–Kier alpha value is -3.55. The standard InChI is InChI=1S/C20H21N3O5/c1-12(19(25)26)13-3-6-15(7-4-13)22-18(24)14-5-8-17(28-2)16(11-14)23-10-9-21-20(23)27/h3-8,11-12H,9-10H2,1-2H3,(H,21,27)(H,22,24)(H,25,26). The van der Waals surface area contributed by atoms with Gasteiger partial charge in [-0.3, -0.25) is 14.5 Å². The average molecular weight is 383 g/mol.